The zero-order valence-electron chi connectivity index (χ0n) is 10.8. The molecule has 0 saturated carbocycles. The van der Waals surface area contributed by atoms with Crippen molar-refractivity contribution in [1.29, 1.82) is 0 Å². The second-order valence-corrected chi connectivity index (χ2v) is 4.41. The van der Waals surface area contributed by atoms with Crippen LogP contribution in [0.4, 0.5) is 5.69 Å². The molecule has 1 heterocycles. The van der Waals surface area contributed by atoms with Crippen LogP contribution in [0.1, 0.15) is 31.0 Å². The van der Waals surface area contributed by atoms with Gasteiger partial charge < -0.3 is 11.1 Å². The zero-order chi connectivity index (χ0) is 12.8. The smallest absolute Gasteiger partial charge is 0.227 e. The molecule has 3 N–H and O–H groups in total. The number of nitrogens with one attached hydrogen (secondary N) is 1. The van der Waals surface area contributed by atoms with Crippen molar-refractivity contribution in [2.75, 3.05) is 11.9 Å². The summed E-state index contributed by atoms with van der Waals surface area (Å²) in [5, 5.41) is 2.94. The molecule has 1 aromatic heterocycles. The molecular weight excluding hydrogens is 214 g/mol. The van der Waals surface area contributed by atoms with E-state index in [-0.39, 0.29) is 11.8 Å². The van der Waals surface area contributed by atoms with Gasteiger partial charge >= 0.3 is 0 Å². The number of carbonyl (C=O) groups excluding carboxylic acids is 1. The normalized spacial score (nSPS) is 12.2. The van der Waals surface area contributed by atoms with Crippen LogP contribution in [0.5, 0.6) is 0 Å². The maximum absolute atomic E-state index is 11.9. The van der Waals surface area contributed by atoms with Crippen molar-refractivity contribution in [3.05, 3.63) is 23.5 Å². The van der Waals surface area contributed by atoms with Gasteiger partial charge in [0.1, 0.15) is 0 Å². The van der Waals surface area contributed by atoms with Gasteiger partial charge in [0.25, 0.3) is 0 Å². The third kappa shape index (κ3) is 3.82. The van der Waals surface area contributed by atoms with E-state index in [0.717, 1.165) is 29.8 Å². The van der Waals surface area contributed by atoms with Crippen molar-refractivity contribution in [2.45, 2.75) is 33.6 Å². The molecule has 1 aromatic rings. The van der Waals surface area contributed by atoms with E-state index in [1.54, 1.807) is 6.20 Å². The fourth-order valence-electron chi connectivity index (χ4n) is 1.68. The number of hydrogen-bond acceptors (Lipinski definition) is 3. The summed E-state index contributed by atoms with van der Waals surface area (Å²) in [4.78, 5) is 16.1. The second-order valence-electron chi connectivity index (χ2n) is 4.41. The highest BCUT2D eigenvalue weighted by atomic mass is 16.1. The lowest BCUT2D eigenvalue weighted by Gasteiger charge is -2.14. The highest BCUT2D eigenvalue weighted by Crippen LogP contribution is 2.18. The first kappa shape index (κ1) is 13.6. The standard InChI is InChI=1S/C13H21N3O/c1-9-6-8-15-11(3)12(9)16-13(17)10(2)5-4-7-14/h6,8,10H,4-5,7,14H2,1-3H3,(H,16,17). The van der Waals surface area contributed by atoms with Gasteiger partial charge in [0.05, 0.1) is 11.4 Å². The number of nitrogens with zero attached hydrogens (tertiary/aromatic N) is 1. The molecule has 4 nitrogen and oxygen atoms in total. The van der Waals surface area contributed by atoms with Crippen LogP contribution in [-0.2, 0) is 4.79 Å². The number of aryl methyl sites for hydroxylation is 2. The van der Waals surface area contributed by atoms with Gasteiger partial charge in [0.2, 0.25) is 5.91 Å². The SMILES string of the molecule is Cc1ccnc(C)c1NC(=O)C(C)CCCN. The largest absolute Gasteiger partial charge is 0.330 e. The van der Waals surface area contributed by atoms with E-state index in [1.165, 1.54) is 0 Å². The van der Waals surface area contributed by atoms with Crippen LogP contribution in [0.25, 0.3) is 0 Å². The molecule has 0 fully saturated rings. The van der Waals surface area contributed by atoms with Crippen LogP contribution in [0.15, 0.2) is 12.3 Å². The first-order chi connectivity index (χ1) is 8.06. The molecule has 17 heavy (non-hydrogen) atoms. The Morgan fingerprint density at radius 2 is 2.24 bits per heavy atom. The highest BCUT2D eigenvalue weighted by molar-refractivity contribution is 5.93. The summed E-state index contributed by atoms with van der Waals surface area (Å²) in [6.07, 6.45) is 3.44. The van der Waals surface area contributed by atoms with Crippen molar-refractivity contribution < 1.29 is 4.79 Å². The molecule has 1 unspecified atom stereocenters. The maximum atomic E-state index is 11.9. The van der Waals surface area contributed by atoms with Crippen molar-refractivity contribution in [3.63, 3.8) is 0 Å². The van der Waals surface area contributed by atoms with Crippen LogP contribution in [0.3, 0.4) is 0 Å². The molecule has 0 radical (unpaired) electrons. The topological polar surface area (TPSA) is 68.0 Å². The average molecular weight is 235 g/mol. The van der Waals surface area contributed by atoms with E-state index in [9.17, 15) is 4.79 Å². The van der Waals surface area contributed by atoms with Gasteiger partial charge in [-0.05, 0) is 44.9 Å². The van der Waals surface area contributed by atoms with Gasteiger partial charge in [-0.1, -0.05) is 6.92 Å². The van der Waals surface area contributed by atoms with E-state index in [0.29, 0.717) is 6.54 Å². The fourth-order valence-corrected chi connectivity index (χ4v) is 1.68. The first-order valence-corrected chi connectivity index (χ1v) is 5.99. The lowest BCUT2D eigenvalue weighted by atomic mass is 10.0. The summed E-state index contributed by atoms with van der Waals surface area (Å²) in [6.45, 7) is 6.41. The lowest BCUT2D eigenvalue weighted by molar-refractivity contribution is -0.119. The molecule has 0 aliphatic heterocycles. The van der Waals surface area contributed by atoms with Crippen molar-refractivity contribution >= 4 is 11.6 Å². The summed E-state index contributed by atoms with van der Waals surface area (Å²) in [7, 11) is 0. The highest BCUT2D eigenvalue weighted by Gasteiger charge is 2.14. The second kappa shape index (κ2) is 6.35. The Balaban J connectivity index is 2.68. The van der Waals surface area contributed by atoms with Crippen molar-refractivity contribution in [1.82, 2.24) is 4.98 Å². The number of anilines is 1. The molecule has 0 saturated heterocycles. The van der Waals surface area contributed by atoms with Crippen LogP contribution < -0.4 is 11.1 Å². The van der Waals surface area contributed by atoms with Crippen molar-refractivity contribution in [2.24, 2.45) is 11.7 Å². The number of hydrogen-bond donors (Lipinski definition) is 2. The Hall–Kier alpha value is -1.42. The van der Waals surface area contributed by atoms with E-state index >= 15 is 0 Å². The fraction of sp³-hybridized carbons (Fsp3) is 0.538. The molecule has 0 bridgehead atoms. The Labute approximate surface area is 103 Å². The van der Waals surface area contributed by atoms with Gasteiger partial charge in [-0.25, -0.2) is 0 Å². The summed E-state index contributed by atoms with van der Waals surface area (Å²) in [5.74, 6) is 0.0233. The van der Waals surface area contributed by atoms with Crippen LogP contribution >= 0.6 is 0 Å². The summed E-state index contributed by atoms with van der Waals surface area (Å²) >= 11 is 0. The maximum Gasteiger partial charge on any atom is 0.227 e. The molecule has 4 heteroatoms. The van der Waals surface area contributed by atoms with Crippen LogP contribution in [0, 0.1) is 19.8 Å². The number of carbonyl (C=O) groups is 1. The average Bonchev–Trinajstić information content (AvgIpc) is 2.30. The molecular formula is C13H21N3O. The third-order valence-electron chi connectivity index (χ3n) is 2.89. The van der Waals surface area contributed by atoms with Crippen LogP contribution in [-0.4, -0.2) is 17.4 Å². The molecule has 0 spiro atoms. The van der Waals surface area contributed by atoms with E-state index in [1.807, 2.05) is 26.8 Å². The minimum atomic E-state index is -0.0162. The van der Waals surface area contributed by atoms with Gasteiger partial charge in [0, 0.05) is 12.1 Å². The van der Waals surface area contributed by atoms with E-state index in [4.69, 9.17) is 5.73 Å². The molecule has 1 atom stereocenters. The number of pyridine rings is 1. The van der Waals surface area contributed by atoms with Crippen molar-refractivity contribution in [3.8, 4) is 0 Å². The zero-order valence-corrected chi connectivity index (χ0v) is 10.8. The number of aromatic nitrogens is 1. The quantitative estimate of drug-likeness (QED) is 0.820. The number of amides is 1. The number of nitrogens with two attached hydrogens (primary N) is 1. The summed E-state index contributed by atoms with van der Waals surface area (Å²) in [6, 6.07) is 1.90. The molecule has 94 valence electrons. The van der Waals surface area contributed by atoms with Crippen LogP contribution in [0.2, 0.25) is 0 Å². The Bertz CT molecular complexity index is 370. The molecule has 0 aliphatic rings. The summed E-state index contributed by atoms with van der Waals surface area (Å²) in [5.41, 5.74) is 8.16. The first-order valence-electron chi connectivity index (χ1n) is 5.99. The number of rotatable bonds is 5. The molecule has 0 aromatic carbocycles. The molecule has 1 rings (SSSR count). The summed E-state index contributed by atoms with van der Waals surface area (Å²) < 4.78 is 0. The predicted molar refractivity (Wildman–Crippen MR) is 69.8 cm³/mol. The molecule has 1 amide bonds. The van der Waals surface area contributed by atoms with Gasteiger partial charge in [0.15, 0.2) is 0 Å². The third-order valence-corrected chi connectivity index (χ3v) is 2.89. The Kier molecular flexibility index (Phi) is 5.10. The Morgan fingerprint density at radius 3 is 2.82 bits per heavy atom. The minimum absolute atomic E-state index is 0.0162. The molecule has 0 aliphatic carbocycles. The monoisotopic (exact) mass is 235 g/mol. The van der Waals surface area contributed by atoms with Gasteiger partial charge in [-0.2, -0.15) is 0 Å². The lowest BCUT2D eigenvalue weighted by Crippen LogP contribution is -2.22. The minimum Gasteiger partial charge on any atom is -0.330 e. The Morgan fingerprint density at radius 1 is 1.53 bits per heavy atom. The van der Waals surface area contributed by atoms with E-state index < -0.39 is 0 Å². The van der Waals surface area contributed by atoms with Gasteiger partial charge in [-0.3, -0.25) is 9.78 Å². The van der Waals surface area contributed by atoms with Gasteiger partial charge in [-0.15, -0.1) is 0 Å². The van der Waals surface area contributed by atoms with E-state index in [2.05, 4.69) is 10.3 Å². The predicted octanol–water partition coefficient (Wildman–Crippen LogP) is 2.01.